The van der Waals surface area contributed by atoms with Crippen molar-refractivity contribution in [1.29, 1.82) is 0 Å². The van der Waals surface area contributed by atoms with Crippen molar-refractivity contribution in [3.05, 3.63) is 60.2 Å². The number of amides is 1. The van der Waals surface area contributed by atoms with E-state index in [1.807, 2.05) is 42.5 Å². The second-order valence-corrected chi connectivity index (χ2v) is 6.54. The van der Waals surface area contributed by atoms with E-state index < -0.39 is 6.10 Å². The number of methoxy groups -OCH3 is 1. The van der Waals surface area contributed by atoms with E-state index in [1.165, 1.54) is 0 Å². The van der Waals surface area contributed by atoms with Gasteiger partial charge in [-0.05, 0) is 49.1 Å². The van der Waals surface area contributed by atoms with Crippen LogP contribution in [0.3, 0.4) is 0 Å². The summed E-state index contributed by atoms with van der Waals surface area (Å²) in [6, 6.07) is 17.2. The van der Waals surface area contributed by atoms with Crippen molar-refractivity contribution in [3.63, 3.8) is 0 Å². The van der Waals surface area contributed by atoms with Crippen LogP contribution < -0.4 is 14.8 Å². The van der Waals surface area contributed by atoms with Crippen molar-refractivity contribution in [1.82, 2.24) is 5.32 Å². The average molecular weight is 341 g/mol. The van der Waals surface area contributed by atoms with Crippen molar-refractivity contribution in [2.45, 2.75) is 39.3 Å². The lowest BCUT2D eigenvalue weighted by Gasteiger charge is -2.23. The number of nitrogens with one attached hydrogen (secondary N) is 1. The van der Waals surface area contributed by atoms with Gasteiger partial charge < -0.3 is 14.8 Å². The highest BCUT2D eigenvalue weighted by molar-refractivity contribution is 5.81. The Morgan fingerprint density at radius 2 is 1.56 bits per heavy atom. The van der Waals surface area contributed by atoms with Crippen LogP contribution in [0.15, 0.2) is 54.6 Å². The summed E-state index contributed by atoms with van der Waals surface area (Å²) >= 11 is 0. The molecule has 0 aliphatic heterocycles. The van der Waals surface area contributed by atoms with Crippen LogP contribution in [0.5, 0.6) is 11.5 Å². The molecule has 0 spiro atoms. The predicted molar refractivity (Wildman–Crippen MR) is 99.9 cm³/mol. The van der Waals surface area contributed by atoms with E-state index >= 15 is 0 Å². The molecular weight excluding hydrogens is 314 g/mol. The first-order valence-corrected chi connectivity index (χ1v) is 8.65. The molecule has 0 aliphatic rings. The van der Waals surface area contributed by atoms with Gasteiger partial charge in [-0.15, -0.1) is 0 Å². The first-order chi connectivity index (χ1) is 12.0. The van der Waals surface area contributed by atoms with Gasteiger partial charge in [-0.2, -0.15) is 0 Å². The molecule has 0 saturated carbocycles. The fourth-order valence-corrected chi connectivity index (χ4v) is 2.64. The Bertz CT molecular complexity index is 653. The van der Waals surface area contributed by atoms with Gasteiger partial charge in [0.05, 0.1) is 13.2 Å². The smallest absolute Gasteiger partial charge is 0.261 e. The van der Waals surface area contributed by atoms with Crippen LogP contribution in [0.1, 0.15) is 38.8 Å². The number of hydrogen-bond acceptors (Lipinski definition) is 3. The summed E-state index contributed by atoms with van der Waals surface area (Å²) in [7, 11) is 1.62. The van der Waals surface area contributed by atoms with E-state index in [9.17, 15) is 4.79 Å². The fourth-order valence-electron chi connectivity index (χ4n) is 2.64. The van der Waals surface area contributed by atoms with E-state index in [4.69, 9.17) is 9.47 Å². The highest BCUT2D eigenvalue weighted by Crippen LogP contribution is 2.22. The third-order valence-electron chi connectivity index (χ3n) is 3.97. The van der Waals surface area contributed by atoms with Crippen LogP contribution in [0.4, 0.5) is 0 Å². The molecule has 2 atom stereocenters. The molecule has 0 radical (unpaired) electrons. The zero-order valence-corrected chi connectivity index (χ0v) is 15.4. The quantitative estimate of drug-likeness (QED) is 0.776. The lowest BCUT2D eigenvalue weighted by atomic mass is 9.97. The van der Waals surface area contributed by atoms with Crippen LogP contribution >= 0.6 is 0 Å². The highest BCUT2D eigenvalue weighted by Gasteiger charge is 2.21. The molecule has 4 heteroatoms. The Labute approximate surface area is 150 Å². The molecule has 0 aliphatic carbocycles. The maximum absolute atomic E-state index is 12.6. The van der Waals surface area contributed by atoms with Gasteiger partial charge in [-0.1, -0.05) is 44.2 Å². The summed E-state index contributed by atoms with van der Waals surface area (Å²) in [6.07, 6.45) is 0.303. The normalized spacial score (nSPS) is 13.2. The van der Waals surface area contributed by atoms with E-state index in [0.717, 1.165) is 17.7 Å². The van der Waals surface area contributed by atoms with Gasteiger partial charge >= 0.3 is 0 Å². The van der Waals surface area contributed by atoms with Crippen LogP contribution in [-0.2, 0) is 4.79 Å². The molecule has 0 heterocycles. The summed E-state index contributed by atoms with van der Waals surface area (Å²) in [5, 5.41) is 3.12. The van der Waals surface area contributed by atoms with Crippen LogP contribution in [0.25, 0.3) is 0 Å². The Morgan fingerprint density at radius 1 is 0.960 bits per heavy atom. The maximum atomic E-state index is 12.6. The molecule has 4 nitrogen and oxygen atoms in total. The summed E-state index contributed by atoms with van der Waals surface area (Å²) in [5.41, 5.74) is 1.11. The zero-order valence-electron chi connectivity index (χ0n) is 15.4. The van der Waals surface area contributed by atoms with Crippen LogP contribution in [0, 0.1) is 5.92 Å². The van der Waals surface area contributed by atoms with Gasteiger partial charge in [0.15, 0.2) is 6.10 Å². The van der Waals surface area contributed by atoms with Crippen molar-refractivity contribution in [2.24, 2.45) is 5.92 Å². The first-order valence-electron chi connectivity index (χ1n) is 8.65. The van der Waals surface area contributed by atoms with Gasteiger partial charge in [-0.3, -0.25) is 4.79 Å². The second-order valence-electron chi connectivity index (χ2n) is 6.54. The highest BCUT2D eigenvalue weighted by atomic mass is 16.5. The van der Waals surface area contributed by atoms with Crippen molar-refractivity contribution < 1.29 is 14.3 Å². The minimum atomic E-state index is -0.577. The standard InChI is InChI=1S/C21H27NO3/c1-15(2)14-20(17-8-6-5-7-9-17)22-21(23)16(3)25-19-12-10-18(24-4)11-13-19/h5-13,15-16,20H,14H2,1-4H3,(H,22,23)/t16-,20-/m1/s1. The minimum absolute atomic E-state index is 0.0179. The Morgan fingerprint density at radius 3 is 2.12 bits per heavy atom. The molecule has 0 fully saturated rings. The Hall–Kier alpha value is -2.49. The number of rotatable bonds is 8. The lowest BCUT2D eigenvalue weighted by molar-refractivity contribution is -0.128. The minimum Gasteiger partial charge on any atom is -0.497 e. The van der Waals surface area contributed by atoms with Crippen molar-refractivity contribution in [3.8, 4) is 11.5 Å². The second kappa shape index (κ2) is 9.11. The molecule has 0 bridgehead atoms. The molecule has 0 aromatic heterocycles. The number of carbonyl (C=O) groups is 1. The molecule has 134 valence electrons. The third-order valence-corrected chi connectivity index (χ3v) is 3.97. The predicted octanol–water partition coefficient (Wildman–Crippen LogP) is 4.37. The molecule has 1 N–H and O–H groups in total. The molecule has 0 saturated heterocycles. The largest absolute Gasteiger partial charge is 0.497 e. The van der Waals surface area contributed by atoms with Gasteiger partial charge in [-0.25, -0.2) is 0 Å². The van der Waals surface area contributed by atoms with E-state index in [2.05, 4.69) is 19.2 Å². The summed E-state index contributed by atoms with van der Waals surface area (Å²) in [4.78, 5) is 12.6. The average Bonchev–Trinajstić information content (AvgIpc) is 2.62. The van der Waals surface area contributed by atoms with Crippen molar-refractivity contribution in [2.75, 3.05) is 7.11 Å². The zero-order chi connectivity index (χ0) is 18.2. The summed E-state index contributed by atoms with van der Waals surface area (Å²) in [5.74, 6) is 1.75. The molecular formula is C21H27NO3. The van der Waals surface area contributed by atoms with Crippen LogP contribution in [0.2, 0.25) is 0 Å². The van der Waals surface area contributed by atoms with E-state index in [-0.39, 0.29) is 11.9 Å². The SMILES string of the molecule is COc1ccc(O[C@H](C)C(=O)N[C@H](CC(C)C)c2ccccc2)cc1. The number of benzene rings is 2. The Kier molecular flexibility index (Phi) is 6.87. The van der Waals surface area contributed by atoms with Gasteiger partial charge in [0.25, 0.3) is 5.91 Å². The van der Waals surface area contributed by atoms with Gasteiger partial charge in [0.1, 0.15) is 11.5 Å². The fraction of sp³-hybridized carbons (Fsp3) is 0.381. The number of carbonyl (C=O) groups excluding carboxylic acids is 1. The monoisotopic (exact) mass is 341 g/mol. The van der Waals surface area contributed by atoms with E-state index in [1.54, 1.807) is 26.2 Å². The van der Waals surface area contributed by atoms with E-state index in [0.29, 0.717) is 11.7 Å². The molecule has 0 unspecified atom stereocenters. The summed E-state index contributed by atoms with van der Waals surface area (Å²) < 4.78 is 10.9. The summed E-state index contributed by atoms with van der Waals surface area (Å²) in [6.45, 7) is 6.07. The lowest BCUT2D eigenvalue weighted by Crippen LogP contribution is -2.39. The first kappa shape index (κ1) is 18.8. The van der Waals surface area contributed by atoms with Gasteiger partial charge in [0.2, 0.25) is 0 Å². The number of ether oxygens (including phenoxy) is 2. The number of hydrogen-bond donors (Lipinski definition) is 1. The van der Waals surface area contributed by atoms with Crippen LogP contribution in [-0.4, -0.2) is 19.1 Å². The van der Waals surface area contributed by atoms with Gasteiger partial charge in [0, 0.05) is 0 Å². The molecule has 1 amide bonds. The topological polar surface area (TPSA) is 47.6 Å². The molecule has 25 heavy (non-hydrogen) atoms. The molecule has 2 rings (SSSR count). The Balaban J connectivity index is 2.01. The third kappa shape index (κ3) is 5.82. The molecule has 2 aromatic rings. The van der Waals surface area contributed by atoms with Crippen molar-refractivity contribution >= 4 is 5.91 Å². The molecule has 2 aromatic carbocycles. The maximum Gasteiger partial charge on any atom is 0.261 e.